The lowest BCUT2D eigenvalue weighted by Gasteiger charge is -2.15. The summed E-state index contributed by atoms with van der Waals surface area (Å²) in [4.78, 5) is 9.67. The molecule has 0 aliphatic carbocycles. The fourth-order valence-corrected chi connectivity index (χ4v) is 2.64. The van der Waals surface area contributed by atoms with E-state index in [0.29, 0.717) is 0 Å². The van der Waals surface area contributed by atoms with E-state index in [1.54, 1.807) is 6.92 Å². The summed E-state index contributed by atoms with van der Waals surface area (Å²) in [5.41, 5.74) is 4.69. The van der Waals surface area contributed by atoms with Crippen molar-refractivity contribution in [2.75, 3.05) is 19.3 Å². The smallest absolute Gasteiger partial charge is 0.312 e. The third kappa shape index (κ3) is 2.37. The van der Waals surface area contributed by atoms with Crippen LogP contribution >= 0.6 is 0 Å². The number of nitrogens with zero attached hydrogens (tertiary/aromatic N) is 2. The lowest BCUT2D eigenvalue weighted by molar-refractivity contribution is -0.386. The molecule has 7 nitrogen and oxygen atoms in total. The SMILES string of the molecule is CCN(C)S(=O)(=O)c1cccc(N)c1[N+](=O)[O-]. The number of sulfonamides is 1. The van der Waals surface area contributed by atoms with Crippen molar-refractivity contribution in [1.82, 2.24) is 4.31 Å². The lowest BCUT2D eigenvalue weighted by atomic mass is 10.3. The molecule has 0 saturated heterocycles. The lowest BCUT2D eigenvalue weighted by Crippen LogP contribution is -2.27. The zero-order valence-corrected chi connectivity index (χ0v) is 10.3. The first kappa shape index (κ1) is 13.4. The van der Waals surface area contributed by atoms with Crippen molar-refractivity contribution in [3.05, 3.63) is 28.3 Å². The maximum absolute atomic E-state index is 12.0. The molecule has 0 atom stereocenters. The van der Waals surface area contributed by atoms with Crippen LogP contribution in [0.1, 0.15) is 6.92 Å². The van der Waals surface area contributed by atoms with E-state index in [1.165, 1.54) is 25.2 Å². The Balaban J connectivity index is 3.53. The molecular formula is C9H13N3O4S. The molecule has 8 heteroatoms. The van der Waals surface area contributed by atoms with Crippen molar-refractivity contribution in [1.29, 1.82) is 0 Å². The topological polar surface area (TPSA) is 107 Å². The van der Waals surface area contributed by atoms with E-state index in [-0.39, 0.29) is 17.1 Å². The first-order valence-electron chi connectivity index (χ1n) is 4.81. The summed E-state index contributed by atoms with van der Waals surface area (Å²) in [5, 5.41) is 10.8. The molecule has 0 aliphatic rings. The fourth-order valence-electron chi connectivity index (χ4n) is 1.28. The zero-order chi connectivity index (χ0) is 13.2. The van der Waals surface area contributed by atoms with E-state index in [2.05, 4.69) is 0 Å². The fraction of sp³-hybridized carbons (Fsp3) is 0.333. The van der Waals surface area contributed by atoms with Gasteiger partial charge in [-0.2, -0.15) is 0 Å². The van der Waals surface area contributed by atoms with Gasteiger partial charge in [0.2, 0.25) is 10.0 Å². The molecule has 0 bridgehead atoms. The Bertz CT molecular complexity index is 541. The van der Waals surface area contributed by atoms with Crippen LogP contribution in [-0.2, 0) is 10.0 Å². The molecule has 17 heavy (non-hydrogen) atoms. The van der Waals surface area contributed by atoms with Gasteiger partial charge in [-0.3, -0.25) is 10.1 Å². The van der Waals surface area contributed by atoms with E-state index in [0.717, 1.165) is 4.31 Å². The van der Waals surface area contributed by atoms with Crippen molar-refractivity contribution < 1.29 is 13.3 Å². The predicted octanol–water partition coefficient (Wildman–Crippen LogP) is 0.817. The van der Waals surface area contributed by atoms with Crippen molar-refractivity contribution >= 4 is 21.4 Å². The molecular weight excluding hydrogens is 246 g/mol. The van der Waals surface area contributed by atoms with E-state index in [1.807, 2.05) is 0 Å². The number of nitrogen functional groups attached to an aromatic ring is 1. The number of anilines is 1. The minimum absolute atomic E-state index is 0.166. The van der Waals surface area contributed by atoms with Crippen LogP contribution in [0.3, 0.4) is 0 Å². The van der Waals surface area contributed by atoms with E-state index >= 15 is 0 Å². The first-order valence-corrected chi connectivity index (χ1v) is 6.25. The van der Waals surface area contributed by atoms with Gasteiger partial charge in [-0.15, -0.1) is 0 Å². The van der Waals surface area contributed by atoms with Crippen molar-refractivity contribution in [3.63, 3.8) is 0 Å². The summed E-state index contributed by atoms with van der Waals surface area (Å²) in [6.45, 7) is 1.85. The number of para-hydroxylation sites is 1. The third-order valence-electron chi connectivity index (χ3n) is 2.35. The molecule has 1 aromatic carbocycles. The van der Waals surface area contributed by atoms with Crippen molar-refractivity contribution in [2.45, 2.75) is 11.8 Å². The van der Waals surface area contributed by atoms with Crippen LogP contribution in [0.5, 0.6) is 0 Å². The second kappa shape index (κ2) is 4.68. The van der Waals surface area contributed by atoms with Crippen LogP contribution in [0.2, 0.25) is 0 Å². The van der Waals surface area contributed by atoms with Gasteiger partial charge in [0.05, 0.1) is 4.92 Å². The molecule has 1 rings (SSSR count). The minimum atomic E-state index is -3.88. The van der Waals surface area contributed by atoms with Gasteiger partial charge >= 0.3 is 5.69 Å². The number of nitrogens with two attached hydrogens (primary N) is 1. The Kier molecular flexibility index (Phi) is 3.69. The highest BCUT2D eigenvalue weighted by Crippen LogP contribution is 2.31. The molecule has 0 aromatic heterocycles. The molecule has 94 valence electrons. The average molecular weight is 259 g/mol. The maximum Gasteiger partial charge on any atom is 0.312 e. The van der Waals surface area contributed by atoms with E-state index in [9.17, 15) is 18.5 Å². The van der Waals surface area contributed by atoms with E-state index in [4.69, 9.17) is 5.73 Å². The van der Waals surface area contributed by atoms with Crippen LogP contribution in [-0.4, -0.2) is 31.2 Å². The van der Waals surface area contributed by atoms with Crippen molar-refractivity contribution in [2.24, 2.45) is 0 Å². The van der Waals surface area contributed by atoms with Crippen LogP contribution in [0.25, 0.3) is 0 Å². The number of nitro groups is 1. The van der Waals surface area contributed by atoms with Gasteiger partial charge in [-0.05, 0) is 12.1 Å². The van der Waals surface area contributed by atoms with Gasteiger partial charge in [0, 0.05) is 13.6 Å². The molecule has 2 N–H and O–H groups in total. The summed E-state index contributed by atoms with van der Waals surface area (Å²) in [5.74, 6) is 0. The van der Waals surface area contributed by atoms with Crippen molar-refractivity contribution in [3.8, 4) is 0 Å². The number of hydrogen-bond acceptors (Lipinski definition) is 5. The Morgan fingerprint density at radius 1 is 1.47 bits per heavy atom. The van der Waals surface area contributed by atoms with Gasteiger partial charge in [-0.1, -0.05) is 13.0 Å². The average Bonchev–Trinajstić information content (AvgIpc) is 2.26. The second-order valence-electron chi connectivity index (χ2n) is 3.37. The van der Waals surface area contributed by atoms with E-state index < -0.39 is 20.6 Å². The quantitative estimate of drug-likeness (QED) is 0.489. The van der Waals surface area contributed by atoms with Crippen LogP contribution in [0.15, 0.2) is 23.1 Å². The highest BCUT2D eigenvalue weighted by Gasteiger charge is 2.30. The van der Waals surface area contributed by atoms with Crippen LogP contribution in [0.4, 0.5) is 11.4 Å². The van der Waals surface area contributed by atoms with Gasteiger partial charge in [0.25, 0.3) is 0 Å². The molecule has 0 amide bonds. The predicted molar refractivity (Wildman–Crippen MR) is 63.0 cm³/mol. The summed E-state index contributed by atoms with van der Waals surface area (Å²) in [7, 11) is -2.53. The Labute approximate surface area is 99.0 Å². The molecule has 1 aromatic rings. The normalized spacial score (nSPS) is 11.7. The zero-order valence-electron chi connectivity index (χ0n) is 9.45. The number of hydrogen-bond donors (Lipinski definition) is 1. The molecule has 0 aliphatic heterocycles. The first-order chi connectivity index (χ1) is 7.82. The number of nitro benzene ring substituents is 1. The summed E-state index contributed by atoms with van der Waals surface area (Å²) >= 11 is 0. The molecule has 0 heterocycles. The Morgan fingerprint density at radius 2 is 2.06 bits per heavy atom. The monoisotopic (exact) mass is 259 g/mol. The van der Waals surface area contributed by atoms with Crippen LogP contribution < -0.4 is 5.73 Å². The van der Waals surface area contributed by atoms with Gasteiger partial charge in [0.1, 0.15) is 5.69 Å². The molecule has 0 unspecified atom stereocenters. The van der Waals surface area contributed by atoms with Crippen LogP contribution in [0, 0.1) is 10.1 Å². The Hall–Kier alpha value is -1.67. The van der Waals surface area contributed by atoms with Gasteiger partial charge < -0.3 is 5.73 Å². The standard InChI is InChI=1S/C9H13N3O4S/c1-3-11(2)17(15,16)8-6-4-5-7(10)9(8)12(13)14/h4-6H,3,10H2,1-2H3. The highest BCUT2D eigenvalue weighted by atomic mass is 32.2. The minimum Gasteiger partial charge on any atom is -0.393 e. The molecule has 0 radical (unpaired) electrons. The highest BCUT2D eigenvalue weighted by molar-refractivity contribution is 7.89. The summed E-state index contributed by atoms with van der Waals surface area (Å²) in [6.07, 6.45) is 0. The third-order valence-corrected chi connectivity index (χ3v) is 4.31. The second-order valence-corrected chi connectivity index (χ2v) is 5.38. The molecule has 0 spiro atoms. The number of benzene rings is 1. The largest absolute Gasteiger partial charge is 0.393 e. The van der Waals surface area contributed by atoms with Gasteiger partial charge in [0.15, 0.2) is 4.90 Å². The van der Waals surface area contributed by atoms with Gasteiger partial charge in [-0.25, -0.2) is 12.7 Å². The molecule has 0 fully saturated rings. The maximum atomic E-state index is 12.0. The Morgan fingerprint density at radius 3 is 2.53 bits per heavy atom. The summed E-state index contributed by atoms with van der Waals surface area (Å²) in [6, 6.07) is 3.85. The summed E-state index contributed by atoms with van der Waals surface area (Å²) < 4.78 is 25.0. The molecule has 0 saturated carbocycles. The number of rotatable bonds is 4.